The predicted molar refractivity (Wildman–Crippen MR) is 155 cm³/mol. The molecule has 0 unspecified atom stereocenters. The number of hydrogen-bond donors (Lipinski definition) is 2. The summed E-state index contributed by atoms with van der Waals surface area (Å²) in [7, 11) is 0.500. The van der Waals surface area contributed by atoms with E-state index in [0.29, 0.717) is 29.2 Å². The number of urea groups is 1. The number of fused-ring (bicyclic) bond motifs is 4. The van der Waals surface area contributed by atoms with Crippen molar-refractivity contribution < 1.29 is 22.8 Å². The predicted octanol–water partition coefficient (Wildman–Crippen LogP) is 7.93. The summed E-state index contributed by atoms with van der Waals surface area (Å²) >= 11 is 13.5. The van der Waals surface area contributed by atoms with E-state index in [2.05, 4.69) is 20.6 Å². The fourth-order valence-electron chi connectivity index (χ4n) is 4.21. The van der Waals surface area contributed by atoms with E-state index in [1.54, 1.807) is 30.6 Å². The average molecular weight is 605 g/mol. The van der Waals surface area contributed by atoms with Crippen LogP contribution < -0.4 is 20.2 Å². The summed E-state index contributed by atoms with van der Waals surface area (Å²) in [6.45, 7) is 5.45. The average Bonchev–Trinajstić information content (AvgIpc) is 2.93. The highest BCUT2D eigenvalue weighted by atomic mass is 35.5. The molecular weight excluding hydrogens is 580 g/mol. The van der Waals surface area contributed by atoms with Gasteiger partial charge in [-0.3, -0.25) is 14.2 Å². The number of hydrogen-bond acceptors (Lipinski definition) is 5. The lowest BCUT2D eigenvalue weighted by atomic mass is 9.99. The first-order chi connectivity index (χ1) is 19.4. The van der Waals surface area contributed by atoms with Crippen molar-refractivity contribution in [2.24, 2.45) is 0 Å². The summed E-state index contributed by atoms with van der Waals surface area (Å²) in [4.78, 5) is 35.5. The molecule has 3 amide bonds. The molecule has 0 aliphatic carbocycles. The Hall–Kier alpha value is -4.09. The monoisotopic (exact) mass is 604 g/mol. The van der Waals surface area contributed by atoms with Gasteiger partial charge in [0.05, 0.1) is 23.4 Å². The van der Waals surface area contributed by atoms with Gasteiger partial charge < -0.3 is 10.6 Å². The number of nitrogens with one attached hydrogen (secondary N) is 2. The second-order valence-electron chi connectivity index (χ2n) is 9.88. The lowest BCUT2D eigenvalue weighted by molar-refractivity contribution is 0.102. The van der Waals surface area contributed by atoms with Crippen LogP contribution in [0.3, 0.4) is 0 Å². The van der Waals surface area contributed by atoms with Crippen LogP contribution in [0.25, 0.3) is 22.0 Å². The van der Waals surface area contributed by atoms with Crippen LogP contribution in [0.1, 0.15) is 43.1 Å². The van der Waals surface area contributed by atoms with E-state index in [0.717, 1.165) is 15.6 Å². The number of halogens is 5. The van der Waals surface area contributed by atoms with Crippen LogP contribution in [0.5, 0.6) is 0 Å². The number of pyridine rings is 2. The third kappa shape index (κ3) is 6.01. The molecule has 8 nitrogen and oxygen atoms in total. The van der Waals surface area contributed by atoms with Crippen molar-refractivity contribution in [1.82, 2.24) is 15.3 Å². The number of benzene rings is 2. The van der Waals surface area contributed by atoms with Gasteiger partial charge in [0.25, 0.3) is 12.3 Å². The molecule has 0 fully saturated rings. The van der Waals surface area contributed by atoms with Gasteiger partial charge in [0.2, 0.25) is 0 Å². The number of alkyl halides is 3. The van der Waals surface area contributed by atoms with Gasteiger partial charge in [-0.15, -0.1) is 0 Å². The van der Waals surface area contributed by atoms with E-state index in [9.17, 15) is 22.8 Å². The minimum Gasteiger partial charge on any atom is -0.332 e. The summed E-state index contributed by atoms with van der Waals surface area (Å²) in [5.41, 5.74) is 0.986. The first kappa shape index (κ1) is 29.9. The van der Waals surface area contributed by atoms with Gasteiger partial charge in [-0.25, -0.2) is 18.6 Å². The van der Waals surface area contributed by atoms with Gasteiger partial charge >= 0.3 is 6.03 Å². The molecule has 2 aromatic heterocycles. The van der Waals surface area contributed by atoms with E-state index in [1.165, 1.54) is 24.3 Å². The number of aromatic nitrogens is 2. The number of hydrazine groups is 1. The Morgan fingerprint density at radius 1 is 1.05 bits per heavy atom. The fourth-order valence-corrected chi connectivity index (χ4v) is 4.78. The van der Waals surface area contributed by atoms with Crippen molar-refractivity contribution in [3.63, 3.8) is 0 Å². The zero-order chi connectivity index (χ0) is 30.1. The summed E-state index contributed by atoms with van der Waals surface area (Å²) < 4.78 is 37.0. The number of rotatable bonds is 3. The minimum atomic E-state index is -2.73. The lowest BCUT2D eigenvalue weighted by Crippen LogP contribution is -2.54. The molecule has 4 aromatic rings. The van der Waals surface area contributed by atoms with Gasteiger partial charge in [-0.05, 0) is 57.2 Å². The number of anilines is 3. The zero-order valence-corrected chi connectivity index (χ0v) is 23.9. The topological polar surface area (TPSA) is 90.5 Å². The molecule has 5 rings (SSSR count). The molecule has 1 aliphatic rings. The van der Waals surface area contributed by atoms with E-state index < -0.39 is 23.9 Å². The van der Waals surface area contributed by atoms with E-state index >= 15 is 0 Å². The molecule has 1 aliphatic heterocycles. The Bertz CT molecular complexity index is 1630. The molecule has 3 heterocycles. The van der Waals surface area contributed by atoms with E-state index in [4.69, 9.17) is 23.4 Å². The maximum absolute atomic E-state index is 13.5. The Morgan fingerprint density at radius 3 is 2.46 bits per heavy atom. The summed E-state index contributed by atoms with van der Waals surface area (Å²) in [5, 5.41) is 7.72. The number of carbonyl (C=O) groups excluding carboxylic acids is 2. The van der Waals surface area contributed by atoms with Gasteiger partial charge in [0.1, 0.15) is 5.69 Å². The smallest absolute Gasteiger partial charge is 0.332 e. The third-order valence-electron chi connectivity index (χ3n) is 5.88. The standard InChI is InChI=1S/C27H22Cl2F2N6O2.CH3F/c1-27(2,3)35-26(39)36-24-17(12-16-13-32-10-9-19(16)33-24)21-18(28)7-8-20(22(21)37(36)29)34-25(38)15-6-4-5-14(11-15)23(30)31;1-2/h4-13,23H,1-3H3,(H,34,38)(H,35,39);1H3. The lowest BCUT2D eigenvalue weighted by Gasteiger charge is -2.39. The van der Waals surface area contributed by atoms with E-state index in [-0.39, 0.29) is 33.3 Å². The van der Waals surface area contributed by atoms with Gasteiger partial charge in [0, 0.05) is 57.3 Å². The Morgan fingerprint density at radius 2 is 1.78 bits per heavy atom. The quantitative estimate of drug-likeness (QED) is 0.232. The first-order valence-corrected chi connectivity index (χ1v) is 12.9. The molecule has 13 heteroatoms. The molecule has 0 radical (unpaired) electrons. The third-order valence-corrected chi connectivity index (χ3v) is 6.51. The molecule has 0 saturated heterocycles. The van der Waals surface area contributed by atoms with E-state index in [1.807, 2.05) is 20.8 Å². The normalized spacial score (nSPS) is 12.3. The fraction of sp³-hybridized carbons (Fsp3) is 0.214. The van der Waals surface area contributed by atoms with Crippen molar-refractivity contribution in [2.75, 3.05) is 22.0 Å². The molecule has 214 valence electrons. The summed E-state index contributed by atoms with van der Waals surface area (Å²) in [6, 6.07) is 11.1. The highest BCUT2D eigenvalue weighted by Gasteiger charge is 2.38. The molecule has 0 saturated carbocycles. The first-order valence-electron chi connectivity index (χ1n) is 12.2. The summed E-state index contributed by atoms with van der Waals surface area (Å²) in [5.74, 6) is -0.433. The van der Waals surface area contributed by atoms with Crippen LogP contribution in [0.4, 0.5) is 35.2 Å². The number of amides is 3. The maximum Gasteiger partial charge on any atom is 0.343 e. The maximum atomic E-state index is 13.5. The van der Waals surface area contributed by atoms with Gasteiger partial charge in [-0.2, -0.15) is 9.54 Å². The molecular formula is C28H25Cl2F3N6O2. The largest absolute Gasteiger partial charge is 0.343 e. The molecule has 0 spiro atoms. The Balaban J connectivity index is 0.00000189. The Labute approximate surface area is 244 Å². The van der Waals surface area contributed by atoms with Gasteiger partial charge in [-0.1, -0.05) is 23.7 Å². The molecule has 2 N–H and O–H groups in total. The SMILES string of the molecule is CC(C)(C)NC(=O)N1c2nc3ccncc3cc2-c2c(Cl)ccc(NC(=O)c3cccc(C(F)F)c3)c2N1Cl.CF. The Kier molecular flexibility index (Phi) is 8.60. The van der Waals surface area contributed by atoms with Crippen LogP contribution in [-0.2, 0) is 0 Å². The van der Waals surface area contributed by atoms with Crippen LogP contribution in [0.15, 0.2) is 60.9 Å². The van der Waals surface area contributed by atoms with Gasteiger partial charge in [0.15, 0.2) is 5.82 Å². The summed E-state index contributed by atoms with van der Waals surface area (Å²) in [6.07, 6.45) is 0.479. The van der Waals surface area contributed by atoms with Crippen molar-refractivity contribution >= 4 is 63.4 Å². The highest BCUT2D eigenvalue weighted by molar-refractivity contribution is 6.38. The zero-order valence-electron chi connectivity index (χ0n) is 22.3. The van der Waals surface area contributed by atoms with Crippen molar-refractivity contribution in [2.45, 2.75) is 32.7 Å². The highest BCUT2D eigenvalue weighted by Crippen LogP contribution is 2.51. The van der Waals surface area contributed by atoms with Crippen molar-refractivity contribution in [1.29, 1.82) is 0 Å². The van der Waals surface area contributed by atoms with Crippen LogP contribution in [-0.4, -0.2) is 34.6 Å². The van der Waals surface area contributed by atoms with Crippen LogP contribution in [0.2, 0.25) is 5.02 Å². The second-order valence-corrected chi connectivity index (χ2v) is 10.6. The minimum absolute atomic E-state index is 0.0231. The number of carbonyl (C=O) groups is 2. The molecule has 2 aromatic carbocycles. The van der Waals surface area contributed by atoms with Crippen molar-refractivity contribution in [3.8, 4) is 11.1 Å². The second kappa shape index (κ2) is 11.8. The number of nitrogens with zero attached hydrogens (tertiary/aromatic N) is 4. The van der Waals surface area contributed by atoms with Crippen LogP contribution in [0, 0.1) is 0 Å². The van der Waals surface area contributed by atoms with Crippen LogP contribution >= 0.6 is 23.4 Å². The molecule has 0 bridgehead atoms. The molecule has 0 atom stereocenters. The van der Waals surface area contributed by atoms with Crippen molar-refractivity contribution in [3.05, 3.63) is 77.1 Å². The molecule has 41 heavy (non-hydrogen) atoms.